The quantitative estimate of drug-likeness (QED) is 0.825. The molecule has 1 aromatic carbocycles. The highest BCUT2D eigenvalue weighted by molar-refractivity contribution is 7.92. The second kappa shape index (κ2) is 5.97. The lowest BCUT2D eigenvalue weighted by molar-refractivity contribution is -0.139. The van der Waals surface area contributed by atoms with Crippen molar-refractivity contribution in [2.24, 2.45) is 5.41 Å². The van der Waals surface area contributed by atoms with E-state index >= 15 is 0 Å². The maximum atomic E-state index is 12.9. The first-order chi connectivity index (χ1) is 11.9. The van der Waals surface area contributed by atoms with Crippen molar-refractivity contribution in [2.75, 3.05) is 11.0 Å². The number of hydrogen-bond acceptors (Lipinski definition) is 4. The normalized spacial score (nSPS) is 19.6. The number of halogens is 3. The van der Waals surface area contributed by atoms with Crippen LogP contribution in [0.5, 0.6) is 0 Å². The van der Waals surface area contributed by atoms with E-state index in [0.717, 1.165) is 12.3 Å². The number of Topliss-reactive ketones (excluding diaryl/α,β-unsaturated/α-hetero) is 1. The molecule has 1 amide bonds. The summed E-state index contributed by atoms with van der Waals surface area (Å²) in [6, 6.07) is 2.02. The van der Waals surface area contributed by atoms with Crippen molar-refractivity contribution in [1.82, 2.24) is 5.32 Å². The molecule has 3 rings (SSSR count). The van der Waals surface area contributed by atoms with Crippen molar-refractivity contribution in [2.45, 2.75) is 37.9 Å². The fourth-order valence-electron chi connectivity index (χ4n) is 3.62. The maximum Gasteiger partial charge on any atom is 0.416 e. The first-order valence-corrected chi connectivity index (χ1v) is 9.78. The van der Waals surface area contributed by atoms with Gasteiger partial charge in [0, 0.05) is 18.9 Å². The Balaban J connectivity index is 1.79. The molecule has 2 N–H and O–H groups in total. The summed E-state index contributed by atoms with van der Waals surface area (Å²) >= 11 is 0. The van der Waals surface area contributed by atoms with Gasteiger partial charge in [0.15, 0.2) is 0 Å². The fraction of sp³-hybridized carbons (Fsp3) is 0.500. The number of nitrogens with one attached hydrogen (secondary N) is 2. The molecule has 0 atom stereocenters. The highest BCUT2D eigenvalue weighted by Gasteiger charge is 2.53. The van der Waals surface area contributed by atoms with Gasteiger partial charge in [-0.05, 0) is 36.5 Å². The minimum Gasteiger partial charge on any atom is -0.349 e. The van der Waals surface area contributed by atoms with Gasteiger partial charge in [0.25, 0.3) is 5.91 Å². The Morgan fingerprint density at radius 2 is 1.85 bits per heavy atom. The molecule has 1 spiro atoms. The number of sulfonamides is 1. The molecule has 6 nitrogen and oxygen atoms in total. The topological polar surface area (TPSA) is 92.3 Å². The first-order valence-electron chi connectivity index (χ1n) is 7.89. The van der Waals surface area contributed by atoms with Crippen molar-refractivity contribution >= 4 is 27.4 Å². The van der Waals surface area contributed by atoms with Gasteiger partial charge in [0.2, 0.25) is 10.0 Å². The minimum atomic E-state index is -4.66. The van der Waals surface area contributed by atoms with E-state index in [0.29, 0.717) is 37.8 Å². The van der Waals surface area contributed by atoms with Crippen LogP contribution in [-0.4, -0.2) is 32.4 Å². The van der Waals surface area contributed by atoms with E-state index in [4.69, 9.17) is 0 Å². The van der Waals surface area contributed by atoms with E-state index in [1.54, 1.807) is 0 Å². The largest absolute Gasteiger partial charge is 0.416 e. The van der Waals surface area contributed by atoms with E-state index in [9.17, 15) is 31.2 Å². The second-order valence-corrected chi connectivity index (χ2v) is 8.85. The fourth-order valence-corrected chi connectivity index (χ4v) is 4.20. The third kappa shape index (κ3) is 3.84. The van der Waals surface area contributed by atoms with Crippen LogP contribution < -0.4 is 10.0 Å². The maximum absolute atomic E-state index is 12.9. The number of rotatable bonds is 4. The Kier molecular flexibility index (Phi) is 4.29. The minimum absolute atomic E-state index is 0.0727. The number of hydrogen-bond donors (Lipinski definition) is 2. The second-order valence-electron chi connectivity index (χ2n) is 7.10. The summed E-state index contributed by atoms with van der Waals surface area (Å²) in [6.07, 6.45) is -1.68. The molecule has 0 unspecified atom stereocenters. The number of amides is 1. The zero-order valence-electron chi connectivity index (χ0n) is 13.8. The van der Waals surface area contributed by atoms with Crippen molar-refractivity contribution in [3.8, 4) is 0 Å². The smallest absolute Gasteiger partial charge is 0.349 e. The number of ketones is 1. The van der Waals surface area contributed by atoms with Gasteiger partial charge >= 0.3 is 6.18 Å². The molecule has 0 aromatic heterocycles. The number of benzene rings is 1. The van der Waals surface area contributed by atoms with Crippen molar-refractivity contribution in [3.05, 3.63) is 29.3 Å². The predicted molar refractivity (Wildman–Crippen MR) is 87.1 cm³/mol. The summed E-state index contributed by atoms with van der Waals surface area (Å²) < 4.78 is 63.7. The van der Waals surface area contributed by atoms with Gasteiger partial charge in [0.1, 0.15) is 5.78 Å². The average molecular weight is 390 g/mol. The lowest BCUT2D eigenvalue weighted by Crippen LogP contribution is -2.56. The molecule has 0 saturated heterocycles. The summed E-state index contributed by atoms with van der Waals surface area (Å²) in [4.78, 5) is 23.5. The van der Waals surface area contributed by atoms with E-state index in [2.05, 4.69) is 10.0 Å². The van der Waals surface area contributed by atoms with Crippen LogP contribution in [0.4, 0.5) is 18.9 Å². The standard InChI is InChI=1S/C16H17F3N2O4S/c1-26(24,25)21-13-3-2-9(16(17,18)19)4-12(13)14(23)20-10-5-15(6-10)7-11(22)8-15/h2-4,10,21H,5-8H2,1H3,(H,20,23). The van der Waals surface area contributed by atoms with Crippen LogP contribution in [0.2, 0.25) is 0 Å². The van der Waals surface area contributed by atoms with Crippen molar-refractivity contribution in [3.63, 3.8) is 0 Å². The lowest BCUT2D eigenvalue weighted by Gasteiger charge is -2.52. The van der Waals surface area contributed by atoms with Gasteiger partial charge in [0.05, 0.1) is 23.1 Å². The summed E-state index contributed by atoms with van der Waals surface area (Å²) in [6.45, 7) is 0. The molecule has 2 fully saturated rings. The van der Waals surface area contributed by atoms with Crippen LogP contribution in [0.25, 0.3) is 0 Å². The van der Waals surface area contributed by atoms with E-state index in [1.165, 1.54) is 0 Å². The number of anilines is 1. The Morgan fingerprint density at radius 3 is 2.35 bits per heavy atom. The third-order valence-electron chi connectivity index (χ3n) is 4.73. The first kappa shape index (κ1) is 18.7. The summed E-state index contributed by atoms with van der Waals surface area (Å²) in [5.41, 5.74) is -1.73. The molecule has 2 aliphatic carbocycles. The molecule has 0 radical (unpaired) electrons. The van der Waals surface area contributed by atoms with Crippen LogP contribution in [0, 0.1) is 5.41 Å². The highest BCUT2D eigenvalue weighted by atomic mass is 32.2. The third-order valence-corrected chi connectivity index (χ3v) is 5.32. The van der Waals surface area contributed by atoms with Crippen LogP contribution in [0.3, 0.4) is 0 Å². The summed E-state index contributed by atoms with van der Waals surface area (Å²) in [5.74, 6) is -0.611. The number of alkyl halides is 3. The SMILES string of the molecule is CS(=O)(=O)Nc1ccc(C(F)(F)F)cc1C(=O)NC1CC2(CC(=O)C2)C1. The molecule has 142 valence electrons. The molecule has 26 heavy (non-hydrogen) atoms. The van der Waals surface area contributed by atoms with Crippen LogP contribution in [0.15, 0.2) is 18.2 Å². The lowest BCUT2D eigenvalue weighted by atomic mass is 9.53. The van der Waals surface area contributed by atoms with Gasteiger partial charge in [-0.3, -0.25) is 14.3 Å². The molecule has 2 saturated carbocycles. The zero-order chi connectivity index (χ0) is 19.3. The van der Waals surface area contributed by atoms with Gasteiger partial charge in [-0.25, -0.2) is 8.42 Å². The summed E-state index contributed by atoms with van der Waals surface area (Å²) in [7, 11) is -3.77. The molecule has 0 bridgehead atoms. The van der Waals surface area contributed by atoms with Gasteiger partial charge in [-0.1, -0.05) is 0 Å². The van der Waals surface area contributed by atoms with Gasteiger partial charge in [-0.15, -0.1) is 0 Å². The van der Waals surface area contributed by atoms with E-state index in [-0.39, 0.29) is 22.9 Å². The number of carbonyl (C=O) groups excluding carboxylic acids is 2. The highest BCUT2D eigenvalue weighted by Crippen LogP contribution is 2.54. The van der Waals surface area contributed by atoms with Crippen LogP contribution in [-0.2, 0) is 21.0 Å². The Bertz CT molecular complexity index is 864. The Labute approximate surface area is 148 Å². The number of carbonyl (C=O) groups is 2. The molecular weight excluding hydrogens is 373 g/mol. The molecule has 1 aromatic rings. The molecule has 0 heterocycles. The predicted octanol–water partition coefficient (Wildman–Crippen LogP) is 2.32. The van der Waals surface area contributed by atoms with Crippen molar-refractivity contribution < 1.29 is 31.2 Å². The Morgan fingerprint density at radius 1 is 1.23 bits per heavy atom. The zero-order valence-corrected chi connectivity index (χ0v) is 14.6. The van der Waals surface area contributed by atoms with E-state index in [1.807, 2.05) is 0 Å². The monoisotopic (exact) mass is 390 g/mol. The van der Waals surface area contributed by atoms with Gasteiger partial charge < -0.3 is 5.32 Å². The van der Waals surface area contributed by atoms with Crippen LogP contribution in [0.1, 0.15) is 41.6 Å². The Hall–Kier alpha value is -2.10. The van der Waals surface area contributed by atoms with E-state index < -0.39 is 33.2 Å². The summed E-state index contributed by atoms with van der Waals surface area (Å²) in [5, 5.41) is 2.62. The molecule has 10 heteroatoms. The molecule has 0 aliphatic heterocycles. The van der Waals surface area contributed by atoms with Crippen molar-refractivity contribution in [1.29, 1.82) is 0 Å². The van der Waals surface area contributed by atoms with Gasteiger partial charge in [-0.2, -0.15) is 13.2 Å². The molecular formula is C16H17F3N2O4S. The average Bonchev–Trinajstić information content (AvgIpc) is 2.40. The molecule has 2 aliphatic rings. The van der Waals surface area contributed by atoms with Crippen LogP contribution >= 0.6 is 0 Å².